The van der Waals surface area contributed by atoms with Gasteiger partial charge in [-0.25, -0.2) is 8.42 Å². The Morgan fingerprint density at radius 2 is 2.24 bits per heavy atom. The quantitative estimate of drug-likeness (QED) is 0.829. The normalized spacial score (nSPS) is 20.6. The van der Waals surface area contributed by atoms with Gasteiger partial charge < -0.3 is 5.11 Å². The summed E-state index contributed by atoms with van der Waals surface area (Å²) >= 11 is 4.57. The van der Waals surface area contributed by atoms with E-state index in [0.717, 1.165) is 28.6 Å². The molecular formula is C13H18BrNO4S2. The average molecular weight is 396 g/mol. The highest BCUT2D eigenvalue weighted by atomic mass is 79.9. The lowest BCUT2D eigenvalue weighted by molar-refractivity contribution is -0.137. The molecule has 21 heavy (non-hydrogen) atoms. The second kappa shape index (κ2) is 6.76. The molecule has 1 aromatic rings. The largest absolute Gasteiger partial charge is 0.481 e. The van der Waals surface area contributed by atoms with Crippen molar-refractivity contribution in [2.75, 3.05) is 6.54 Å². The summed E-state index contributed by atoms with van der Waals surface area (Å²) in [5, 5.41) is 8.82. The molecule has 0 bridgehead atoms. The van der Waals surface area contributed by atoms with Crippen LogP contribution in [-0.2, 0) is 14.8 Å². The smallest absolute Gasteiger partial charge is 0.303 e. The predicted octanol–water partition coefficient (Wildman–Crippen LogP) is 3.23. The second-order valence-electron chi connectivity index (χ2n) is 5.22. The van der Waals surface area contributed by atoms with E-state index in [1.165, 1.54) is 15.6 Å². The van der Waals surface area contributed by atoms with Crippen molar-refractivity contribution >= 4 is 43.3 Å². The van der Waals surface area contributed by atoms with E-state index in [1.54, 1.807) is 6.07 Å². The van der Waals surface area contributed by atoms with E-state index in [2.05, 4.69) is 15.9 Å². The Labute approximate surface area is 137 Å². The molecule has 0 spiro atoms. The number of carbonyl (C=O) groups is 1. The highest BCUT2D eigenvalue weighted by Gasteiger charge is 2.34. The van der Waals surface area contributed by atoms with Crippen LogP contribution < -0.4 is 0 Å². The van der Waals surface area contributed by atoms with Crippen molar-refractivity contribution in [3.8, 4) is 0 Å². The number of nitrogens with zero attached hydrogens (tertiary/aromatic N) is 1. The second-order valence-corrected chi connectivity index (χ2v) is 9.71. The molecule has 2 heterocycles. The fourth-order valence-electron chi connectivity index (χ4n) is 2.54. The van der Waals surface area contributed by atoms with Gasteiger partial charge in [-0.3, -0.25) is 4.79 Å². The number of sulfonamides is 1. The zero-order valence-corrected chi connectivity index (χ0v) is 14.9. The first-order chi connectivity index (χ1) is 9.82. The lowest BCUT2D eigenvalue weighted by atomic mass is 10.0. The molecule has 0 aromatic carbocycles. The zero-order valence-electron chi connectivity index (χ0n) is 11.7. The number of hydrogen-bond donors (Lipinski definition) is 1. The standard InChI is InChI=1S/C13H18BrNO4S2/c1-9-8-12(20-13(9)14)21(18,19)15-7-3-2-4-10(15)5-6-11(16)17/h8,10H,2-7H2,1H3,(H,16,17). The maximum absolute atomic E-state index is 12.8. The fourth-order valence-corrected chi connectivity index (χ4v) is 6.62. The number of carboxylic acids is 1. The third-order valence-corrected chi connectivity index (χ3v) is 8.20. The van der Waals surface area contributed by atoms with Gasteiger partial charge in [-0.1, -0.05) is 6.42 Å². The highest BCUT2D eigenvalue weighted by molar-refractivity contribution is 9.11. The van der Waals surface area contributed by atoms with Crippen LogP contribution in [0.15, 0.2) is 14.1 Å². The number of halogens is 1. The van der Waals surface area contributed by atoms with Gasteiger partial charge in [0, 0.05) is 19.0 Å². The van der Waals surface area contributed by atoms with Crippen LogP contribution in [0.5, 0.6) is 0 Å². The van der Waals surface area contributed by atoms with Crippen molar-refractivity contribution < 1.29 is 18.3 Å². The molecule has 1 atom stereocenters. The summed E-state index contributed by atoms with van der Waals surface area (Å²) in [5.74, 6) is -0.882. The molecule has 5 nitrogen and oxygen atoms in total. The molecule has 0 amide bonds. The van der Waals surface area contributed by atoms with Gasteiger partial charge in [-0.15, -0.1) is 11.3 Å². The zero-order chi connectivity index (χ0) is 15.6. The highest BCUT2D eigenvalue weighted by Crippen LogP contribution is 2.35. The summed E-state index contributed by atoms with van der Waals surface area (Å²) in [4.78, 5) is 10.7. The molecule has 1 aliphatic heterocycles. The average Bonchev–Trinajstić information content (AvgIpc) is 2.77. The van der Waals surface area contributed by atoms with Crippen LogP contribution in [-0.4, -0.2) is 36.4 Å². The Kier molecular flexibility index (Phi) is 5.45. The number of rotatable bonds is 5. The molecule has 0 saturated carbocycles. The third-order valence-electron chi connectivity index (χ3n) is 3.66. The van der Waals surface area contributed by atoms with Crippen LogP contribution in [0, 0.1) is 6.92 Å². The summed E-state index contributed by atoms with van der Waals surface area (Å²) in [6.07, 6.45) is 2.89. The number of piperidine rings is 1. The van der Waals surface area contributed by atoms with E-state index >= 15 is 0 Å². The van der Waals surface area contributed by atoms with Gasteiger partial charge in [0.25, 0.3) is 10.0 Å². The van der Waals surface area contributed by atoms with Crippen molar-refractivity contribution in [3.63, 3.8) is 0 Å². The monoisotopic (exact) mass is 395 g/mol. The maximum atomic E-state index is 12.8. The van der Waals surface area contributed by atoms with Crippen molar-refractivity contribution in [1.82, 2.24) is 4.31 Å². The molecule has 0 radical (unpaired) electrons. The lowest BCUT2D eigenvalue weighted by Gasteiger charge is -2.34. The molecule has 2 rings (SSSR count). The number of aliphatic carboxylic acids is 1. The molecule has 1 saturated heterocycles. The summed E-state index contributed by atoms with van der Waals surface area (Å²) in [6.45, 7) is 2.33. The van der Waals surface area contributed by atoms with Crippen molar-refractivity contribution in [2.24, 2.45) is 0 Å². The topological polar surface area (TPSA) is 74.7 Å². The molecule has 1 unspecified atom stereocenters. The molecule has 118 valence electrons. The van der Waals surface area contributed by atoms with Crippen molar-refractivity contribution in [2.45, 2.75) is 49.3 Å². The Morgan fingerprint density at radius 3 is 2.81 bits per heavy atom. The Balaban J connectivity index is 2.24. The minimum Gasteiger partial charge on any atom is -0.481 e. The van der Waals surface area contributed by atoms with Gasteiger partial charge in [-0.05, 0) is 53.7 Å². The minimum absolute atomic E-state index is 0.00382. The van der Waals surface area contributed by atoms with Crippen molar-refractivity contribution in [3.05, 3.63) is 15.4 Å². The summed E-state index contributed by atoms with van der Waals surface area (Å²) in [7, 11) is -3.53. The first-order valence-electron chi connectivity index (χ1n) is 6.82. The number of thiophene rings is 1. The van der Waals surface area contributed by atoms with Crippen LogP contribution in [0.2, 0.25) is 0 Å². The molecule has 8 heteroatoms. The van der Waals surface area contributed by atoms with E-state index < -0.39 is 16.0 Å². The van der Waals surface area contributed by atoms with E-state index in [-0.39, 0.29) is 12.5 Å². The SMILES string of the molecule is Cc1cc(S(=O)(=O)N2CCCCC2CCC(=O)O)sc1Br. The first-order valence-corrected chi connectivity index (χ1v) is 9.87. The van der Waals surface area contributed by atoms with Gasteiger partial charge >= 0.3 is 5.97 Å². The Morgan fingerprint density at radius 1 is 1.52 bits per heavy atom. The summed E-state index contributed by atoms with van der Waals surface area (Å²) < 4.78 is 28.2. The van der Waals surface area contributed by atoms with Gasteiger partial charge in [0.05, 0.1) is 3.79 Å². The fraction of sp³-hybridized carbons (Fsp3) is 0.615. The Bertz CT molecular complexity index is 607. The maximum Gasteiger partial charge on any atom is 0.303 e. The van der Waals surface area contributed by atoms with Crippen LogP contribution >= 0.6 is 27.3 Å². The number of aryl methyl sites for hydroxylation is 1. The predicted molar refractivity (Wildman–Crippen MR) is 85.2 cm³/mol. The summed E-state index contributed by atoms with van der Waals surface area (Å²) in [6, 6.07) is 1.47. The van der Waals surface area contributed by atoms with Crippen LogP contribution in [0.4, 0.5) is 0 Å². The summed E-state index contributed by atoms with van der Waals surface area (Å²) in [5.41, 5.74) is 0.901. The van der Waals surface area contributed by atoms with E-state index in [0.29, 0.717) is 17.2 Å². The molecule has 1 aromatic heterocycles. The van der Waals surface area contributed by atoms with E-state index in [1.807, 2.05) is 6.92 Å². The minimum atomic E-state index is -3.53. The van der Waals surface area contributed by atoms with Gasteiger partial charge in [0.15, 0.2) is 0 Å². The Hall–Kier alpha value is -0.440. The molecule has 1 fully saturated rings. The van der Waals surface area contributed by atoms with Gasteiger partial charge in [-0.2, -0.15) is 4.31 Å². The first kappa shape index (κ1) is 16.9. The number of carboxylic acid groups (broad SMARTS) is 1. The molecule has 0 aliphatic carbocycles. The van der Waals surface area contributed by atoms with E-state index in [9.17, 15) is 13.2 Å². The number of hydrogen-bond acceptors (Lipinski definition) is 4. The molecule has 1 aliphatic rings. The van der Waals surface area contributed by atoms with Gasteiger partial charge in [0.1, 0.15) is 4.21 Å². The third kappa shape index (κ3) is 3.85. The van der Waals surface area contributed by atoms with Crippen LogP contribution in [0.25, 0.3) is 0 Å². The molecular weight excluding hydrogens is 378 g/mol. The van der Waals surface area contributed by atoms with Crippen LogP contribution in [0.1, 0.15) is 37.7 Å². The van der Waals surface area contributed by atoms with Crippen molar-refractivity contribution in [1.29, 1.82) is 0 Å². The van der Waals surface area contributed by atoms with E-state index in [4.69, 9.17) is 5.11 Å². The van der Waals surface area contributed by atoms with Gasteiger partial charge in [0.2, 0.25) is 0 Å². The molecule has 1 N–H and O–H groups in total. The van der Waals surface area contributed by atoms with Crippen LogP contribution in [0.3, 0.4) is 0 Å². The lowest BCUT2D eigenvalue weighted by Crippen LogP contribution is -2.43.